The van der Waals surface area contributed by atoms with Crippen LogP contribution in [0.3, 0.4) is 0 Å². The summed E-state index contributed by atoms with van der Waals surface area (Å²) in [5.41, 5.74) is 1.49. The van der Waals surface area contributed by atoms with E-state index in [-0.39, 0.29) is 29.8 Å². The van der Waals surface area contributed by atoms with Crippen molar-refractivity contribution < 1.29 is 13.9 Å². The molecule has 0 atom stereocenters. The maximum absolute atomic E-state index is 13.5. The number of hydrogen-bond donors (Lipinski definition) is 2. The summed E-state index contributed by atoms with van der Waals surface area (Å²) < 4.78 is 23.8. The second-order valence-electron chi connectivity index (χ2n) is 4.81. The Kier molecular flexibility index (Phi) is 13.0. The highest BCUT2D eigenvalue weighted by molar-refractivity contribution is 14.0. The lowest BCUT2D eigenvalue weighted by Crippen LogP contribution is -2.39. The Labute approximate surface area is 155 Å². The number of methoxy groups -OCH3 is 1. The van der Waals surface area contributed by atoms with E-state index in [9.17, 15) is 4.39 Å². The van der Waals surface area contributed by atoms with Gasteiger partial charge in [-0.15, -0.1) is 24.0 Å². The molecule has 1 rings (SSSR count). The second-order valence-corrected chi connectivity index (χ2v) is 4.81. The van der Waals surface area contributed by atoms with Crippen molar-refractivity contribution >= 4 is 29.9 Å². The fraction of sp³-hybridized carbons (Fsp3) is 0.562. The summed E-state index contributed by atoms with van der Waals surface area (Å²) in [6.07, 6.45) is 0. The normalized spacial score (nSPS) is 11.0. The van der Waals surface area contributed by atoms with E-state index >= 15 is 0 Å². The predicted molar refractivity (Wildman–Crippen MR) is 102 cm³/mol. The molecule has 1 aromatic rings. The molecule has 0 unspecified atom stereocenters. The van der Waals surface area contributed by atoms with Gasteiger partial charge in [-0.3, -0.25) is 0 Å². The number of ether oxygens (including phenoxy) is 2. The fourth-order valence-electron chi connectivity index (χ4n) is 1.73. The maximum Gasteiger partial charge on any atom is 0.191 e. The molecular weight excluding hydrogens is 412 g/mol. The molecule has 0 heterocycles. The van der Waals surface area contributed by atoms with Gasteiger partial charge in [0.1, 0.15) is 5.82 Å². The lowest BCUT2D eigenvalue weighted by Gasteiger charge is -2.11. The maximum atomic E-state index is 13.5. The van der Waals surface area contributed by atoms with Crippen LogP contribution in [-0.2, 0) is 16.0 Å². The quantitative estimate of drug-likeness (QED) is 0.269. The third kappa shape index (κ3) is 9.72. The fourth-order valence-corrected chi connectivity index (χ4v) is 1.73. The van der Waals surface area contributed by atoms with Crippen LogP contribution in [0.1, 0.15) is 18.1 Å². The number of hydrogen-bond acceptors (Lipinski definition) is 3. The summed E-state index contributed by atoms with van der Waals surface area (Å²) in [5.74, 6) is 0.496. The van der Waals surface area contributed by atoms with E-state index in [2.05, 4.69) is 15.6 Å². The Balaban J connectivity index is 0.00000484. The molecule has 0 amide bonds. The second kappa shape index (κ2) is 13.5. The Morgan fingerprint density at radius 3 is 2.65 bits per heavy atom. The van der Waals surface area contributed by atoms with Gasteiger partial charge >= 0.3 is 0 Å². The molecule has 0 aliphatic heterocycles. The van der Waals surface area contributed by atoms with E-state index in [4.69, 9.17) is 9.47 Å². The van der Waals surface area contributed by atoms with Crippen LogP contribution in [0.4, 0.5) is 4.39 Å². The van der Waals surface area contributed by atoms with Gasteiger partial charge in [0, 0.05) is 20.2 Å². The molecule has 7 heteroatoms. The largest absolute Gasteiger partial charge is 0.382 e. The number of guanidine groups is 1. The smallest absolute Gasteiger partial charge is 0.191 e. The summed E-state index contributed by atoms with van der Waals surface area (Å²) >= 11 is 0. The molecule has 0 bridgehead atoms. The van der Waals surface area contributed by atoms with Gasteiger partial charge in [-0.2, -0.15) is 0 Å². The number of benzene rings is 1. The average molecular weight is 439 g/mol. The minimum atomic E-state index is -0.197. The van der Waals surface area contributed by atoms with E-state index < -0.39 is 0 Å². The molecule has 1 aromatic carbocycles. The molecule has 132 valence electrons. The summed E-state index contributed by atoms with van der Waals surface area (Å²) in [5, 5.41) is 6.32. The van der Waals surface area contributed by atoms with Crippen molar-refractivity contribution in [2.24, 2.45) is 4.99 Å². The molecule has 0 aliphatic rings. The highest BCUT2D eigenvalue weighted by Gasteiger charge is 2.00. The van der Waals surface area contributed by atoms with Crippen LogP contribution in [-0.4, -0.2) is 46.0 Å². The molecule has 0 spiro atoms. The summed E-state index contributed by atoms with van der Waals surface area (Å²) in [4.78, 5) is 4.44. The van der Waals surface area contributed by atoms with E-state index in [1.807, 2.05) is 13.0 Å². The number of nitrogens with one attached hydrogen (secondary N) is 2. The highest BCUT2D eigenvalue weighted by atomic mass is 127. The van der Waals surface area contributed by atoms with Gasteiger partial charge in [0.2, 0.25) is 0 Å². The summed E-state index contributed by atoms with van der Waals surface area (Å²) in [7, 11) is 1.64. The van der Waals surface area contributed by atoms with Crippen LogP contribution >= 0.6 is 24.0 Å². The number of rotatable bonds is 9. The van der Waals surface area contributed by atoms with Crippen molar-refractivity contribution in [2.45, 2.75) is 20.4 Å². The lowest BCUT2D eigenvalue weighted by atomic mass is 10.1. The van der Waals surface area contributed by atoms with Crippen LogP contribution < -0.4 is 10.6 Å². The van der Waals surface area contributed by atoms with Crippen molar-refractivity contribution in [3.63, 3.8) is 0 Å². The Hall–Kier alpha value is -0.930. The van der Waals surface area contributed by atoms with Gasteiger partial charge in [0.25, 0.3) is 0 Å². The van der Waals surface area contributed by atoms with Gasteiger partial charge in [-0.1, -0.05) is 12.1 Å². The minimum absolute atomic E-state index is 0. The Morgan fingerprint density at radius 1 is 1.22 bits per heavy atom. The molecule has 0 aliphatic carbocycles. The molecule has 23 heavy (non-hydrogen) atoms. The van der Waals surface area contributed by atoms with Gasteiger partial charge in [-0.25, -0.2) is 9.38 Å². The first-order chi connectivity index (χ1) is 10.7. The van der Waals surface area contributed by atoms with Gasteiger partial charge in [-0.05, 0) is 31.0 Å². The topological polar surface area (TPSA) is 54.9 Å². The molecule has 5 nitrogen and oxygen atoms in total. The first-order valence-corrected chi connectivity index (χ1v) is 7.51. The van der Waals surface area contributed by atoms with E-state index in [0.717, 1.165) is 12.1 Å². The van der Waals surface area contributed by atoms with Crippen molar-refractivity contribution in [3.8, 4) is 0 Å². The monoisotopic (exact) mass is 439 g/mol. The first kappa shape index (κ1) is 22.1. The Morgan fingerprint density at radius 2 is 2.00 bits per heavy atom. The highest BCUT2D eigenvalue weighted by Crippen LogP contribution is 2.09. The average Bonchev–Trinajstić information content (AvgIpc) is 2.51. The Bertz CT molecular complexity index is 473. The summed E-state index contributed by atoms with van der Waals surface area (Å²) in [6, 6.07) is 5.18. The van der Waals surface area contributed by atoms with Crippen LogP contribution in [0.25, 0.3) is 0 Å². The van der Waals surface area contributed by atoms with E-state index in [1.165, 1.54) is 6.07 Å². The third-order valence-corrected chi connectivity index (χ3v) is 2.97. The van der Waals surface area contributed by atoms with E-state index in [1.54, 1.807) is 20.1 Å². The van der Waals surface area contributed by atoms with Gasteiger partial charge in [0.15, 0.2) is 5.96 Å². The van der Waals surface area contributed by atoms with E-state index in [0.29, 0.717) is 44.4 Å². The van der Waals surface area contributed by atoms with Crippen LogP contribution in [0.5, 0.6) is 0 Å². The van der Waals surface area contributed by atoms with Crippen LogP contribution in [0.15, 0.2) is 23.2 Å². The molecule has 2 N–H and O–H groups in total. The zero-order valence-corrected chi connectivity index (χ0v) is 16.4. The molecule has 0 aromatic heterocycles. The molecule has 0 radical (unpaired) electrons. The van der Waals surface area contributed by atoms with Crippen molar-refractivity contribution in [2.75, 3.05) is 40.0 Å². The van der Waals surface area contributed by atoms with Gasteiger partial charge in [0.05, 0.1) is 26.4 Å². The molecule has 0 fully saturated rings. The predicted octanol–water partition coefficient (Wildman–Crippen LogP) is 2.47. The number of aliphatic imine (C=N–C) groups is 1. The van der Waals surface area contributed by atoms with Crippen molar-refractivity contribution in [1.82, 2.24) is 10.6 Å². The zero-order valence-electron chi connectivity index (χ0n) is 14.0. The first-order valence-electron chi connectivity index (χ1n) is 7.51. The van der Waals surface area contributed by atoms with Crippen LogP contribution in [0, 0.1) is 12.7 Å². The van der Waals surface area contributed by atoms with Gasteiger partial charge < -0.3 is 20.1 Å². The van der Waals surface area contributed by atoms with Crippen molar-refractivity contribution in [1.29, 1.82) is 0 Å². The number of nitrogens with zero attached hydrogens (tertiary/aromatic N) is 1. The van der Waals surface area contributed by atoms with Crippen LogP contribution in [0.2, 0.25) is 0 Å². The minimum Gasteiger partial charge on any atom is -0.382 e. The third-order valence-electron chi connectivity index (χ3n) is 2.97. The zero-order chi connectivity index (χ0) is 16.2. The summed E-state index contributed by atoms with van der Waals surface area (Å²) in [6.45, 7) is 7.33. The van der Waals surface area contributed by atoms with Crippen molar-refractivity contribution in [3.05, 3.63) is 35.1 Å². The number of halogens is 2. The molecular formula is C16H27FIN3O2. The number of aryl methyl sites for hydroxylation is 1. The lowest BCUT2D eigenvalue weighted by molar-refractivity contribution is 0.0733. The molecule has 0 saturated heterocycles. The standard InChI is InChI=1S/C16H26FN3O2.HI/c1-4-18-16(19-7-8-22-10-9-21-3)20-12-14-6-5-13(2)15(17)11-14;/h5-6,11H,4,7-10,12H2,1-3H3,(H2,18,19,20);1H. The molecule has 0 saturated carbocycles. The SMILES string of the molecule is CCNC(=NCc1ccc(C)c(F)c1)NCCOCCOC.I.